The summed E-state index contributed by atoms with van der Waals surface area (Å²) in [5.74, 6) is 2.88. The fraction of sp³-hybridized carbons (Fsp3) is 0.567. The first kappa shape index (κ1) is 38.0. The first-order valence-corrected chi connectivity index (χ1v) is 12.8. The molecule has 0 bridgehead atoms. The van der Waals surface area contributed by atoms with E-state index < -0.39 is 0 Å². The van der Waals surface area contributed by atoms with Crippen molar-refractivity contribution in [3.05, 3.63) is 66.1 Å². The summed E-state index contributed by atoms with van der Waals surface area (Å²) < 4.78 is 0. The van der Waals surface area contributed by atoms with Crippen molar-refractivity contribution in [3.63, 3.8) is 0 Å². The molecule has 38 heavy (non-hydrogen) atoms. The van der Waals surface area contributed by atoms with Gasteiger partial charge in [0.05, 0.1) is 4.92 Å². The van der Waals surface area contributed by atoms with Crippen LogP contribution in [0.1, 0.15) is 54.9 Å². The molecule has 7 nitrogen and oxygen atoms in total. The molecule has 0 aromatic heterocycles. The molecular weight excluding hydrogens is 571 g/mol. The number of nitro groups is 1. The molecule has 2 aromatic rings. The van der Waals surface area contributed by atoms with E-state index in [-0.39, 0.29) is 52.5 Å². The minimum atomic E-state index is -0.333. The van der Waals surface area contributed by atoms with E-state index in [0.29, 0.717) is 11.8 Å². The van der Waals surface area contributed by atoms with Gasteiger partial charge in [-0.15, -0.1) is 0 Å². The van der Waals surface area contributed by atoms with Crippen LogP contribution in [0.3, 0.4) is 0 Å². The number of piperidine rings is 2. The van der Waals surface area contributed by atoms with Crippen molar-refractivity contribution in [2.24, 2.45) is 23.7 Å². The number of anilines is 3. The number of rotatable bonds is 3. The van der Waals surface area contributed by atoms with Gasteiger partial charge in [-0.2, -0.15) is 0 Å². The fourth-order valence-corrected chi connectivity index (χ4v) is 5.27. The first-order chi connectivity index (χ1) is 16.6. The number of benzene rings is 2. The van der Waals surface area contributed by atoms with Crippen molar-refractivity contribution >= 4 is 22.7 Å². The largest absolute Gasteiger partial charge is 0.399 e. The zero-order chi connectivity index (χ0) is 26.0. The van der Waals surface area contributed by atoms with Gasteiger partial charge in [-0.3, -0.25) is 10.1 Å². The van der Waals surface area contributed by atoms with E-state index in [1.54, 1.807) is 25.1 Å². The van der Waals surface area contributed by atoms with Gasteiger partial charge in [-0.25, -0.2) is 0 Å². The molecule has 0 saturated carbocycles. The number of nitro benzene ring substituents is 1. The zero-order valence-electron chi connectivity index (χ0n) is 23.4. The van der Waals surface area contributed by atoms with Crippen LogP contribution >= 0.6 is 0 Å². The summed E-state index contributed by atoms with van der Waals surface area (Å²) in [5, 5.41) is 18.3. The van der Waals surface area contributed by atoms with Crippen LogP contribution in [0.5, 0.6) is 0 Å². The van der Waals surface area contributed by atoms with Crippen molar-refractivity contribution in [1.29, 1.82) is 0 Å². The van der Waals surface area contributed by atoms with Crippen LogP contribution in [0.25, 0.3) is 0 Å². The Morgan fingerprint density at radius 2 is 1.24 bits per heavy atom. The molecule has 0 aliphatic carbocycles. The maximum atomic E-state index is 10.8. The smallest absolute Gasteiger partial charge is 0.271 e. The monoisotopic (exact) mass is 621 g/mol. The number of nitrogens with zero attached hydrogens (tertiary/aromatic N) is 3. The van der Waals surface area contributed by atoms with Gasteiger partial charge in [0.25, 0.3) is 5.69 Å². The predicted octanol–water partition coefficient (Wildman–Crippen LogP) is 6.91. The van der Waals surface area contributed by atoms with Gasteiger partial charge >= 0.3 is 0 Å². The third kappa shape index (κ3) is 12.6. The van der Waals surface area contributed by atoms with Gasteiger partial charge in [-0.1, -0.05) is 47.3 Å². The summed E-state index contributed by atoms with van der Waals surface area (Å²) in [5.41, 5.74) is 9.08. The van der Waals surface area contributed by atoms with Crippen LogP contribution in [0.4, 0.5) is 22.7 Å². The van der Waals surface area contributed by atoms with Crippen LogP contribution in [0.2, 0.25) is 0 Å². The molecule has 2 fully saturated rings. The molecule has 2 aromatic carbocycles. The van der Waals surface area contributed by atoms with Crippen LogP contribution in [0.15, 0.2) is 48.5 Å². The number of nitrogen functional groups attached to an aromatic ring is 1. The number of hydrogen-bond donors (Lipinski definition) is 2. The summed E-state index contributed by atoms with van der Waals surface area (Å²) >= 11 is 0. The van der Waals surface area contributed by atoms with Crippen molar-refractivity contribution in [3.8, 4) is 0 Å². The maximum absolute atomic E-state index is 10.8. The van der Waals surface area contributed by atoms with Gasteiger partial charge in [-0.05, 0) is 67.7 Å². The van der Waals surface area contributed by atoms with Crippen molar-refractivity contribution in [1.82, 2.24) is 0 Å². The Morgan fingerprint density at radius 1 is 0.868 bits per heavy atom. The Labute approximate surface area is 245 Å². The van der Waals surface area contributed by atoms with E-state index in [4.69, 9.17) is 10.8 Å². The second kappa shape index (κ2) is 19.0. The number of nitrogens with two attached hydrogens (primary N) is 1. The molecule has 8 heteroatoms. The summed E-state index contributed by atoms with van der Waals surface area (Å²) in [6.07, 6.45) is 2.59. The normalized spacial score (nSPS) is 22.1. The number of non-ortho nitro benzene ring substituents is 1. The fourth-order valence-electron chi connectivity index (χ4n) is 5.27. The van der Waals surface area contributed by atoms with Gasteiger partial charge in [0.1, 0.15) is 0 Å². The van der Waals surface area contributed by atoms with Crippen LogP contribution in [-0.2, 0) is 20.4 Å². The Hall–Kier alpha value is -2.14. The van der Waals surface area contributed by atoms with Crippen molar-refractivity contribution in [2.75, 3.05) is 48.3 Å². The third-order valence-corrected chi connectivity index (χ3v) is 6.38. The Balaban J connectivity index is 0. The zero-order valence-corrected chi connectivity index (χ0v) is 24.9. The van der Waals surface area contributed by atoms with E-state index in [1.165, 1.54) is 18.5 Å². The summed E-state index contributed by atoms with van der Waals surface area (Å²) in [6, 6.07) is 15.1. The Bertz CT molecular complexity index is 910. The number of aliphatic hydroxyl groups is 1. The van der Waals surface area contributed by atoms with E-state index in [2.05, 4.69) is 49.6 Å². The van der Waals surface area contributed by atoms with Crippen LogP contribution in [-0.4, -0.2) is 42.8 Å². The molecule has 220 valence electrons. The Kier molecular flexibility index (Phi) is 19.0. The van der Waals surface area contributed by atoms with Crippen LogP contribution in [0, 0.1) is 41.2 Å². The Morgan fingerprint density at radius 3 is 1.61 bits per heavy atom. The van der Waals surface area contributed by atoms with Gasteiger partial charge in [0.15, 0.2) is 0 Å². The molecular formula is C30H51N4O3Pd-. The predicted molar refractivity (Wildman–Crippen MR) is 160 cm³/mol. The number of hydrogen-bond acceptors (Lipinski definition) is 6. The second-order valence-electron chi connectivity index (χ2n) is 10.4. The topological polar surface area (TPSA) is 95.9 Å². The quantitative estimate of drug-likeness (QED) is 0.127. The van der Waals surface area contributed by atoms with E-state index in [1.807, 2.05) is 18.2 Å². The molecule has 2 aliphatic heterocycles. The molecule has 0 spiro atoms. The standard InChI is InChI=1S/C13H18N2O2.C13H20N2.C2H6O.CH4.CH3.Pd/c1-10-6-11(2)9-14(8-10)12-4-3-5-13(7-12)15(16)17;1-10-6-11(2)9-15(8-10)13-5-3-4-12(14)7-13;1-2-3;;;/h3-5,7,10-11H,6,8-9H2,1-2H3;3-5,7,10-11H,6,8-9,14H2,1-2H3;3H,2H2,1H3;1H4;1H3;/q;;;;-1;. The van der Waals surface area contributed by atoms with E-state index in [0.717, 1.165) is 49.4 Å². The van der Waals surface area contributed by atoms with E-state index in [9.17, 15) is 10.1 Å². The molecule has 2 heterocycles. The summed E-state index contributed by atoms with van der Waals surface area (Å²) in [7, 11) is 0. The van der Waals surface area contributed by atoms with Gasteiger partial charge < -0.3 is 28.1 Å². The molecule has 0 radical (unpaired) electrons. The molecule has 4 rings (SSSR count). The summed E-state index contributed by atoms with van der Waals surface area (Å²) in [6.45, 7) is 15.4. The van der Waals surface area contributed by atoms with Gasteiger partial charge in [0.2, 0.25) is 0 Å². The van der Waals surface area contributed by atoms with Crippen molar-refractivity contribution in [2.45, 2.75) is 54.9 Å². The maximum Gasteiger partial charge on any atom is 0.271 e. The molecule has 0 amide bonds. The molecule has 4 atom stereocenters. The molecule has 4 unspecified atom stereocenters. The molecule has 2 saturated heterocycles. The summed E-state index contributed by atoms with van der Waals surface area (Å²) in [4.78, 5) is 15.1. The minimum Gasteiger partial charge on any atom is -0.399 e. The first-order valence-electron chi connectivity index (χ1n) is 12.8. The molecule has 3 N–H and O–H groups in total. The second-order valence-corrected chi connectivity index (χ2v) is 10.4. The average Bonchev–Trinajstić information content (AvgIpc) is 2.79. The molecule has 2 aliphatic rings. The van der Waals surface area contributed by atoms with Crippen molar-refractivity contribution < 1.29 is 30.5 Å². The van der Waals surface area contributed by atoms with Gasteiger partial charge in [0, 0.05) is 82.4 Å². The third-order valence-electron chi connectivity index (χ3n) is 6.38. The van der Waals surface area contributed by atoms with E-state index >= 15 is 0 Å². The average molecular weight is 622 g/mol. The SMILES string of the molecule is C.CC1CC(C)CN(c2cccc(N)c2)C1.CC1CC(C)CN(c2cccc([N+](=O)[O-])c2)C1.CCO.[CH3-].[Pd]. The minimum absolute atomic E-state index is 0. The number of aliphatic hydroxyl groups excluding tert-OH is 1. The van der Waals surface area contributed by atoms with Crippen LogP contribution < -0.4 is 15.5 Å².